The summed E-state index contributed by atoms with van der Waals surface area (Å²) < 4.78 is 1.09. The van der Waals surface area contributed by atoms with E-state index in [2.05, 4.69) is 51.2 Å². The third-order valence-electron chi connectivity index (χ3n) is 3.56. The zero-order chi connectivity index (χ0) is 11.6. The molecule has 16 heavy (non-hydrogen) atoms. The van der Waals surface area contributed by atoms with Gasteiger partial charge in [-0.1, -0.05) is 0 Å². The maximum absolute atomic E-state index is 4.10. The van der Waals surface area contributed by atoms with Crippen LogP contribution in [0.4, 0.5) is 5.69 Å². The van der Waals surface area contributed by atoms with Gasteiger partial charge >= 0.3 is 0 Å². The normalized spacial score (nSPS) is 19.8. The molecule has 1 aliphatic rings. The van der Waals surface area contributed by atoms with Crippen LogP contribution in [0.15, 0.2) is 22.9 Å². The van der Waals surface area contributed by atoms with E-state index >= 15 is 0 Å². The van der Waals surface area contributed by atoms with Gasteiger partial charge < -0.3 is 10.2 Å². The van der Waals surface area contributed by atoms with Gasteiger partial charge in [-0.05, 0) is 48.8 Å². The van der Waals surface area contributed by atoms with Gasteiger partial charge in [-0.3, -0.25) is 4.98 Å². The van der Waals surface area contributed by atoms with Crippen LogP contribution in [0, 0.1) is 0 Å². The van der Waals surface area contributed by atoms with E-state index in [9.17, 15) is 0 Å². The van der Waals surface area contributed by atoms with Crippen molar-refractivity contribution in [2.75, 3.05) is 25.0 Å². The first-order valence-corrected chi connectivity index (χ1v) is 6.47. The molecule has 2 rings (SSSR count). The molecule has 3 nitrogen and oxygen atoms in total. The Morgan fingerprint density at radius 2 is 2.12 bits per heavy atom. The molecule has 1 aromatic rings. The van der Waals surface area contributed by atoms with E-state index in [-0.39, 0.29) is 0 Å². The van der Waals surface area contributed by atoms with Gasteiger partial charge in [0.15, 0.2) is 0 Å². The molecule has 1 N–H and O–H groups in total. The highest BCUT2D eigenvalue weighted by Crippen LogP contribution is 2.30. The van der Waals surface area contributed by atoms with Crippen LogP contribution in [-0.2, 0) is 0 Å². The summed E-state index contributed by atoms with van der Waals surface area (Å²) in [5.74, 6) is 0. The second-order valence-electron chi connectivity index (χ2n) is 4.62. The van der Waals surface area contributed by atoms with Crippen molar-refractivity contribution in [3.05, 3.63) is 22.9 Å². The minimum absolute atomic E-state index is 0.302. The van der Waals surface area contributed by atoms with Crippen molar-refractivity contribution in [2.45, 2.75) is 25.3 Å². The Morgan fingerprint density at radius 1 is 1.44 bits per heavy atom. The van der Waals surface area contributed by atoms with Crippen molar-refractivity contribution < 1.29 is 0 Å². The molecule has 4 heteroatoms. The molecule has 88 valence electrons. The van der Waals surface area contributed by atoms with E-state index in [0.717, 1.165) is 17.6 Å². The van der Waals surface area contributed by atoms with Gasteiger partial charge in [-0.25, -0.2) is 0 Å². The first-order valence-electron chi connectivity index (χ1n) is 5.68. The quantitative estimate of drug-likeness (QED) is 0.904. The lowest BCUT2D eigenvalue weighted by Crippen LogP contribution is -2.50. The molecule has 1 aromatic heterocycles. The maximum Gasteiger partial charge on any atom is 0.0592 e. The lowest BCUT2D eigenvalue weighted by atomic mass is 9.90. The van der Waals surface area contributed by atoms with Crippen molar-refractivity contribution in [1.29, 1.82) is 0 Å². The summed E-state index contributed by atoms with van der Waals surface area (Å²) in [4.78, 5) is 6.52. The van der Waals surface area contributed by atoms with Crippen LogP contribution in [0.5, 0.6) is 0 Å². The van der Waals surface area contributed by atoms with Crippen LogP contribution in [0.25, 0.3) is 0 Å². The molecule has 1 fully saturated rings. The van der Waals surface area contributed by atoms with Gasteiger partial charge in [-0.15, -0.1) is 0 Å². The number of halogens is 1. The topological polar surface area (TPSA) is 28.2 Å². The molecule has 1 saturated heterocycles. The van der Waals surface area contributed by atoms with Crippen molar-refractivity contribution >= 4 is 21.6 Å². The molecule has 0 atom stereocenters. The van der Waals surface area contributed by atoms with Crippen molar-refractivity contribution in [3.63, 3.8) is 0 Å². The third-order valence-corrected chi connectivity index (χ3v) is 4.17. The number of hydrogen-bond acceptors (Lipinski definition) is 3. The Balaban J connectivity index is 2.07. The number of piperidine rings is 1. The van der Waals surface area contributed by atoms with E-state index < -0.39 is 0 Å². The molecule has 0 saturated carbocycles. The van der Waals surface area contributed by atoms with Gasteiger partial charge in [0.25, 0.3) is 0 Å². The minimum atomic E-state index is 0.302. The summed E-state index contributed by atoms with van der Waals surface area (Å²) in [6.07, 6.45) is 6.07. The van der Waals surface area contributed by atoms with Gasteiger partial charge in [0.05, 0.1) is 10.2 Å². The fourth-order valence-electron chi connectivity index (χ4n) is 2.12. The molecule has 2 heterocycles. The number of hydrogen-bond donors (Lipinski definition) is 1. The highest BCUT2D eigenvalue weighted by molar-refractivity contribution is 9.10. The summed E-state index contributed by atoms with van der Waals surface area (Å²) in [6.45, 7) is 4.49. The Bertz CT molecular complexity index is 359. The molecule has 0 aliphatic carbocycles. The highest BCUT2D eigenvalue weighted by atomic mass is 79.9. The van der Waals surface area contributed by atoms with E-state index in [1.54, 1.807) is 0 Å². The smallest absolute Gasteiger partial charge is 0.0592 e. The zero-order valence-electron chi connectivity index (χ0n) is 9.83. The highest BCUT2D eigenvalue weighted by Gasteiger charge is 2.28. The van der Waals surface area contributed by atoms with E-state index in [1.165, 1.54) is 18.5 Å². The predicted molar refractivity (Wildman–Crippen MR) is 70.8 cm³/mol. The Morgan fingerprint density at radius 3 is 2.69 bits per heavy atom. The van der Waals surface area contributed by atoms with Crippen LogP contribution in [-0.4, -0.2) is 30.7 Å². The summed E-state index contributed by atoms with van der Waals surface area (Å²) in [7, 11) is 2.05. The summed E-state index contributed by atoms with van der Waals surface area (Å²) >= 11 is 3.56. The molecule has 1 aliphatic heterocycles. The predicted octanol–water partition coefficient (Wildman–Crippen LogP) is 2.42. The van der Waals surface area contributed by atoms with Crippen molar-refractivity contribution in [2.24, 2.45) is 0 Å². The monoisotopic (exact) mass is 283 g/mol. The summed E-state index contributed by atoms with van der Waals surface area (Å²) in [6, 6.07) is 2.08. The average Bonchev–Trinajstić information content (AvgIpc) is 2.31. The molecule has 0 unspecified atom stereocenters. The zero-order valence-corrected chi connectivity index (χ0v) is 11.4. The molecule has 0 radical (unpaired) electrons. The van der Waals surface area contributed by atoms with E-state index in [1.807, 2.05) is 12.4 Å². The first kappa shape index (κ1) is 11.9. The molecule has 0 spiro atoms. The maximum atomic E-state index is 4.10. The SMILES string of the molecule is CNC1(C)CCN(c2ccncc2Br)CC1. The van der Waals surface area contributed by atoms with Gasteiger partial charge in [0, 0.05) is 31.0 Å². The molecular weight excluding hydrogens is 266 g/mol. The van der Waals surface area contributed by atoms with Crippen molar-refractivity contribution in [1.82, 2.24) is 10.3 Å². The fraction of sp³-hybridized carbons (Fsp3) is 0.583. The Kier molecular flexibility index (Phi) is 3.50. The van der Waals surface area contributed by atoms with Gasteiger partial charge in [0.2, 0.25) is 0 Å². The number of pyridine rings is 1. The average molecular weight is 284 g/mol. The second-order valence-corrected chi connectivity index (χ2v) is 5.48. The minimum Gasteiger partial charge on any atom is -0.370 e. The lowest BCUT2D eigenvalue weighted by Gasteiger charge is -2.40. The van der Waals surface area contributed by atoms with Gasteiger partial charge in [0.1, 0.15) is 0 Å². The van der Waals surface area contributed by atoms with Crippen LogP contribution >= 0.6 is 15.9 Å². The van der Waals surface area contributed by atoms with E-state index in [0.29, 0.717) is 5.54 Å². The number of nitrogens with one attached hydrogen (secondary N) is 1. The summed E-state index contributed by atoms with van der Waals surface area (Å²) in [5, 5.41) is 3.42. The Hall–Kier alpha value is -0.610. The molecule has 0 bridgehead atoms. The lowest BCUT2D eigenvalue weighted by molar-refractivity contribution is 0.305. The molecular formula is C12H18BrN3. The number of rotatable bonds is 2. The largest absolute Gasteiger partial charge is 0.370 e. The number of anilines is 1. The first-order chi connectivity index (χ1) is 7.64. The van der Waals surface area contributed by atoms with Crippen LogP contribution in [0.2, 0.25) is 0 Å². The number of aromatic nitrogens is 1. The Labute approximate surface area is 105 Å². The standard InChI is InChI=1S/C12H18BrN3/c1-12(14-2)4-7-16(8-5-12)11-3-6-15-9-10(11)13/h3,6,9,14H,4-5,7-8H2,1-2H3. The van der Waals surface area contributed by atoms with Crippen LogP contribution in [0.1, 0.15) is 19.8 Å². The van der Waals surface area contributed by atoms with Crippen LogP contribution < -0.4 is 10.2 Å². The fourth-order valence-corrected chi connectivity index (χ4v) is 2.62. The third kappa shape index (κ3) is 2.38. The molecule has 0 aromatic carbocycles. The van der Waals surface area contributed by atoms with Crippen LogP contribution in [0.3, 0.4) is 0 Å². The van der Waals surface area contributed by atoms with Gasteiger partial charge in [-0.2, -0.15) is 0 Å². The molecule has 0 amide bonds. The summed E-state index contributed by atoms with van der Waals surface area (Å²) in [5.41, 5.74) is 1.56. The number of nitrogens with zero attached hydrogens (tertiary/aromatic N) is 2. The second kappa shape index (κ2) is 4.72. The van der Waals surface area contributed by atoms with E-state index in [4.69, 9.17) is 0 Å². The van der Waals surface area contributed by atoms with Crippen molar-refractivity contribution in [3.8, 4) is 0 Å².